The summed E-state index contributed by atoms with van der Waals surface area (Å²) in [6.45, 7) is 5.34. The summed E-state index contributed by atoms with van der Waals surface area (Å²) in [5, 5.41) is 1.18. The van der Waals surface area contributed by atoms with Gasteiger partial charge >= 0.3 is 6.09 Å². The molecule has 0 atom stereocenters. The highest BCUT2D eigenvalue weighted by Crippen LogP contribution is 2.34. The number of benzene rings is 2. The van der Waals surface area contributed by atoms with Crippen molar-refractivity contribution in [2.45, 2.75) is 26.4 Å². The second-order valence-corrected chi connectivity index (χ2v) is 7.09. The standard InChI is InChI=1S/C19H16ClF2NO2/c1-19(2,3)25-18(24)23-9-12-5-4-11(8-13(12)10-23)16-14(21)6-7-15(22)17(16)20/h4-10H,1-3H3. The fourth-order valence-electron chi connectivity index (χ4n) is 2.51. The third-order valence-electron chi connectivity index (χ3n) is 3.58. The lowest BCUT2D eigenvalue weighted by Crippen LogP contribution is -2.26. The molecular weight excluding hydrogens is 348 g/mol. The quantitative estimate of drug-likeness (QED) is 0.495. The Morgan fingerprint density at radius 3 is 2.36 bits per heavy atom. The minimum absolute atomic E-state index is 0.00594. The first-order valence-corrected chi connectivity index (χ1v) is 8.02. The Morgan fingerprint density at radius 2 is 1.68 bits per heavy atom. The number of carbonyl (C=O) groups is 1. The van der Waals surface area contributed by atoms with Gasteiger partial charge in [-0.25, -0.2) is 13.6 Å². The molecule has 0 saturated carbocycles. The normalized spacial score (nSPS) is 11.8. The number of fused-ring (bicyclic) bond motifs is 1. The van der Waals surface area contributed by atoms with Gasteiger partial charge in [0, 0.05) is 28.7 Å². The molecule has 0 aliphatic heterocycles. The van der Waals surface area contributed by atoms with E-state index in [1.165, 1.54) is 4.57 Å². The minimum Gasteiger partial charge on any atom is -0.443 e. The number of rotatable bonds is 1. The first-order chi connectivity index (χ1) is 11.7. The van der Waals surface area contributed by atoms with Gasteiger partial charge in [0.05, 0.1) is 5.02 Å². The van der Waals surface area contributed by atoms with Crippen molar-refractivity contribution in [3.63, 3.8) is 0 Å². The summed E-state index contributed by atoms with van der Waals surface area (Å²) >= 11 is 5.92. The number of carbonyl (C=O) groups excluding carboxylic acids is 1. The van der Waals surface area contributed by atoms with Gasteiger partial charge in [-0.2, -0.15) is 0 Å². The molecule has 130 valence electrons. The van der Waals surface area contributed by atoms with E-state index in [-0.39, 0.29) is 10.6 Å². The van der Waals surface area contributed by atoms with Crippen LogP contribution in [-0.4, -0.2) is 16.3 Å². The molecule has 0 aliphatic rings. The molecule has 0 spiro atoms. The van der Waals surface area contributed by atoms with Gasteiger partial charge in [0.15, 0.2) is 0 Å². The fraction of sp³-hybridized carbons (Fsp3) is 0.211. The summed E-state index contributed by atoms with van der Waals surface area (Å²) in [5.74, 6) is -1.30. The molecule has 0 fully saturated rings. The van der Waals surface area contributed by atoms with Crippen LogP contribution in [-0.2, 0) is 4.74 Å². The van der Waals surface area contributed by atoms with Crippen LogP contribution in [0.3, 0.4) is 0 Å². The lowest BCUT2D eigenvalue weighted by atomic mass is 10.0. The Bertz CT molecular complexity index is 973. The van der Waals surface area contributed by atoms with Crippen molar-refractivity contribution in [2.24, 2.45) is 0 Å². The first-order valence-electron chi connectivity index (χ1n) is 7.65. The van der Waals surface area contributed by atoms with Gasteiger partial charge in [-0.05, 0) is 44.5 Å². The second kappa shape index (κ2) is 6.15. The average Bonchev–Trinajstić information content (AvgIpc) is 2.93. The van der Waals surface area contributed by atoms with E-state index in [0.717, 1.165) is 17.5 Å². The van der Waals surface area contributed by atoms with Crippen LogP contribution >= 0.6 is 11.6 Å². The molecule has 0 unspecified atom stereocenters. The highest BCUT2D eigenvalue weighted by Gasteiger charge is 2.19. The van der Waals surface area contributed by atoms with Gasteiger partial charge in [-0.3, -0.25) is 4.57 Å². The third-order valence-corrected chi connectivity index (χ3v) is 3.95. The summed E-state index contributed by atoms with van der Waals surface area (Å²) < 4.78 is 34.4. The molecule has 2 aromatic carbocycles. The van der Waals surface area contributed by atoms with Gasteiger partial charge in [-0.15, -0.1) is 0 Å². The molecule has 0 N–H and O–H groups in total. The molecule has 3 nitrogen and oxygen atoms in total. The van der Waals surface area contributed by atoms with Crippen LogP contribution in [0.5, 0.6) is 0 Å². The van der Waals surface area contributed by atoms with E-state index in [9.17, 15) is 13.6 Å². The maximum Gasteiger partial charge on any atom is 0.418 e. The summed E-state index contributed by atoms with van der Waals surface area (Å²) in [6.07, 6.45) is 2.69. The molecule has 1 heterocycles. The van der Waals surface area contributed by atoms with Crippen LogP contribution in [0.1, 0.15) is 20.8 Å². The fourth-order valence-corrected chi connectivity index (χ4v) is 2.77. The van der Waals surface area contributed by atoms with Crippen LogP contribution in [0.15, 0.2) is 42.7 Å². The first kappa shape index (κ1) is 17.4. The number of ether oxygens (including phenoxy) is 1. The zero-order valence-electron chi connectivity index (χ0n) is 13.9. The summed E-state index contributed by atoms with van der Waals surface area (Å²) in [6, 6.07) is 7.02. The van der Waals surface area contributed by atoms with Gasteiger partial charge < -0.3 is 4.74 Å². The molecule has 3 rings (SSSR count). The number of hydrogen-bond acceptors (Lipinski definition) is 2. The molecule has 1 aromatic heterocycles. The summed E-state index contributed by atoms with van der Waals surface area (Å²) in [4.78, 5) is 12.1. The maximum atomic E-state index is 14.1. The van der Waals surface area contributed by atoms with E-state index in [1.54, 1.807) is 51.4 Å². The second-order valence-electron chi connectivity index (χ2n) is 6.71. The smallest absolute Gasteiger partial charge is 0.418 e. The molecular formula is C19H16ClF2NO2. The van der Waals surface area contributed by atoms with E-state index in [2.05, 4.69) is 0 Å². The van der Waals surface area contributed by atoms with Crippen LogP contribution in [0.25, 0.3) is 21.9 Å². The molecule has 3 aromatic rings. The van der Waals surface area contributed by atoms with Crippen LogP contribution in [0.4, 0.5) is 13.6 Å². The molecule has 0 radical (unpaired) electrons. The van der Waals surface area contributed by atoms with Gasteiger partial charge in [-0.1, -0.05) is 23.7 Å². The third kappa shape index (κ3) is 3.51. The van der Waals surface area contributed by atoms with Gasteiger partial charge in [0.25, 0.3) is 0 Å². The molecule has 6 heteroatoms. The van der Waals surface area contributed by atoms with Crippen molar-refractivity contribution in [3.8, 4) is 11.1 Å². The van der Waals surface area contributed by atoms with Gasteiger partial charge in [0.2, 0.25) is 0 Å². The van der Waals surface area contributed by atoms with E-state index in [1.807, 2.05) is 0 Å². The van der Waals surface area contributed by atoms with Gasteiger partial charge in [0.1, 0.15) is 17.2 Å². The van der Waals surface area contributed by atoms with Crippen molar-refractivity contribution in [1.82, 2.24) is 4.57 Å². The lowest BCUT2D eigenvalue weighted by molar-refractivity contribution is 0.0538. The minimum atomic E-state index is -0.690. The molecule has 25 heavy (non-hydrogen) atoms. The number of hydrogen-bond donors (Lipinski definition) is 0. The number of aromatic nitrogens is 1. The topological polar surface area (TPSA) is 31.2 Å². The predicted molar refractivity (Wildman–Crippen MR) is 93.9 cm³/mol. The molecule has 0 bridgehead atoms. The lowest BCUT2D eigenvalue weighted by Gasteiger charge is -2.19. The Hall–Kier alpha value is -2.40. The number of halogens is 3. The molecule has 0 amide bonds. The predicted octanol–water partition coefficient (Wildman–Crippen LogP) is 6.02. The van der Waals surface area contributed by atoms with Crippen molar-refractivity contribution in [1.29, 1.82) is 0 Å². The van der Waals surface area contributed by atoms with Crippen LogP contribution in [0, 0.1) is 11.6 Å². The SMILES string of the molecule is CC(C)(C)OC(=O)n1cc2ccc(-c3c(F)ccc(F)c3Cl)cc2c1. The highest BCUT2D eigenvalue weighted by atomic mass is 35.5. The Kier molecular flexibility index (Phi) is 4.29. The number of nitrogens with zero attached hydrogens (tertiary/aromatic N) is 1. The van der Waals surface area contributed by atoms with E-state index < -0.39 is 23.3 Å². The molecule has 0 saturated heterocycles. The van der Waals surface area contributed by atoms with E-state index in [4.69, 9.17) is 16.3 Å². The van der Waals surface area contributed by atoms with Crippen LogP contribution in [0.2, 0.25) is 5.02 Å². The maximum absolute atomic E-state index is 14.1. The Labute approximate surface area is 148 Å². The Balaban J connectivity index is 2.05. The monoisotopic (exact) mass is 363 g/mol. The average molecular weight is 364 g/mol. The Morgan fingerprint density at radius 1 is 1.04 bits per heavy atom. The summed E-state index contributed by atoms with van der Waals surface area (Å²) in [7, 11) is 0. The largest absolute Gasteiger partial charge is 0.443 e. The van der Waals surface area contributed by atoms with Crippen molar-refractivity contribution >= 4 is 28.5 Å². The van der Waals surface area contributed by atoms with Crippen molar-refractivity contribution in [3.05, 3.63) is 59.4 Å². The van der Waals surface area contributed by atoms with Crippen molar-refractivity contribution in [2.75, 3.05) is 0 Å². The highest BCUT2D eigenvalue weighted by molar-refractivity contribution is 6.33. The zero-order valence-corrected chi connectivity index (χ0v) is 14.7. The zero-order chi connectivity index (χ0) is 18.4. The summed E-state index contributed by atoms with van der Waals surface area (Å²) in [5.41, 5.74) is -0.193. The van der Waals surface area contributed by atoms with Crippen LogP contribution < -0.4 is 0 Å². The molecule has 0 aliphatic carbocycles. The van der Waals surface area contributed by atoms with E-state index in [0.29, 0.717) is 10.9 Å². The van der Waals surface area contributed by atoms with E-state index >= 15 is 0 Å². The van der Waals surface area contributed by atoms with Crippen molar-refractivity contribution < 1.29 is 18.3 Å².